The molecule has 2 heteroatoms. The average Bonchev–Trinajstić information content (AvgIpc) is 2.03. The quantitative estimate of drug-likeness (QED) is 0.581. The standard InChI is InChI=1S/C9H14O2/c1-2-3-5-8-6-4-7-11-9(8)10/h6H,2-5,7H2,1H3. The molecule has 0 amide bonds. The van der Waals surface area contributed by atoms with Crippen LogP contribution in [0.2, 0.25) is 0 Å². The lowest BCUT2D eigenvalue weighted by atomic mass is 10.1. The molecule has 1 rings (SSSR count). The van der Waals surface area contributed by atoms with E-state index in [0.717, 1.165) is 31.3 Å². The predicted octanol–water partition coefficient (Wildman–Crippen LogP) is 2.05. The molecule has 0 bridgehead atoms. The number of esters is 1. The van der Waals surface area contributed by atoms with Crippen LogP contribution in [0, 0.1) is 0 Å². The summed E-state index contributed by atoms with van der Waals surface area (Å²) in [6, 6.07) is 0. The smallest absolute Gasteiger partial charge is 0.333 e. The van der Waals surface area contributed by atoms with Crippen LogP contribution in [0.3, 0.4) is 0 Å². The van der Waals surface area contributed by atoms with Crippen LogP contribution in [-0.4, -0.2) is 12.6 Å². The van der Waals surface area contributed by atoms with Gasteiger partial charge in [-0.15, -0.1) is 0 Å². The molecule has 0 saturated heterocycles. The summed E-state index contributed by atoms with van der Waals surface area (Å²) in [7, 11) is 0. The first-order chi connectivity index (χ1) is 5.34. The van der Waals surface area contributed by atoms with Gasteiger partial charge in [0, 0.05) is 12.0 Å². The fraction of sp³-hybridized carbons (Fsp3) is 0.667. The Kier molecular flexibility index (Phi) is 3.14. The Morgan fingerprint density at radius 3 is 3.09 bits per heavy atom. The molecule has 1 heterocycles. The van der Waals surface area contributed by atoms with Gasteiger partial charge in [-0.05, 0) is 12.8 Å². The lowest BCUT2D eigenvalue weighted by molar-refractivity contribution is -0.140. The number of hydrogen-bond acceptors (Lipinski definition) is 2. The van der Waals surface area contributed by atoms with Gasteiger partial charge >= 0.3 is 5.97 Å². The molecule has 0 radical (unpaired) electrons. The van der Waals surface area contributed by atoms with Gasteiger partial charge in [0.1, 0.15) is 0 Å². The molecule has 1 aliphatic rings. The molecule has 0 aliphatic carbocycles. The summed E-state index contributed by atoms with van der Waals surface area (Å²) in [5, 5.41) is 0. The van der Waals surface area contributed by atoms with Crippen LogP contribution >= 0.6 is 0 Å². The van der Waals surface area contributed by atoms with E-state index in [-0.39, 0.29) is 5.97 Å². The summed E-state index contributed by atoms with van der Waals surface area (Å²) in [5.41, 5.74) is 0.873. The second-order valence-corrected chi connectivity index (χ2v) is 2.76. The van der Waals surface area contributed by atoms with Gasteiger partial charge in [-0.25, -0.2) is 4.79 Å². The maximum Gasteiger partial charge on any atom is 0.333 e. The molecule has 0 spiro atoms. The number of carbonyl (C=O) groups excluding carboxylic acids is 1. The number of carbonyl (C=O) groups is 1. The lowest BCUT2D eigenvalue weighted by Crippen LogP contribution is -2.13. The molecule has 0 unspecified atom stereocenters. The lowest BCUT2D eigenvalue weighted by Gasteiger charge is -2.11. The Labute approximate surface area is 67.2 Å². The third kappa shape index (κ3) is 2.37. The van der Waals surface area contributed by atoms with E-state index < -0.39 is 0 Å². The zero-order valence-corrected chi connectivity index (χ0v) is 6.93. The van der Waals surface area contributed by atoms with Crippen molar-refractivity contribution in [3.8, 4) is 0 Å². The molecule has 11 heavy (non-hydrogen) atoms. The highest BCUT2D eigenvalue weighted by Crippen LogP contribution is 2.13. The first-order valence-corrected chi connectivity index (χ1v) is 4.20. The summed E-state index contributed by atoms with van der Waals surface area (Å²) in [4.78, 5) is 11.0. The fourth-order valence-corrected chi connectivity index (χ4v) is 1.13. The van der Waals surface area contributed by atoms with Crippen molar-refractivity contribution in [2.24, 2.45) is 0 Å². The molecule has 0 atom stereocenters. The summed E-state index contributed by atoms with van der Waals surface area (Å²) in [5.74, 6) is -0.107. The highest BCUT2D eigenvalue weighted by atomic mass is 16.5. The third-order valence-corrected chi connectivity index (χ3v) is 1.80. The first kappa shape index (κ1) is 8.31. The number of hydrogen-bond donors (Lipinski definition) is 0. The maximum atomic E-state index is 11.0. The average molecular weight is 154 g/mol. The minimum atomic E-state index is -0.107. The molecule has 0 saturated carbocycles. The summed E-state index contributed by atoms with van der Waals surface area (Å²) >= 11 is 0. The van der Waals surface area contributed by atoms with E-state index in [9.17, 15) is 4.79 Å². The number of ether oxygens (including phenoxy) is 1. The summed E-state index contributed by atoms with van der Waals surface area (Å²) < 4.78 is 4.88. The Balaban J connectivity index is 2.41. The second-order valence-electron chi connectivity index (χ2n) is 2.76. The van der Waals surface area contributed by atoms with Crippen LogP contribution < -0.4 is 0 Å². The van der Waals surface area contributed by atoms with Crippen LogP contribution in [0.15, 0.2) is 11.6 Å². The SMILES string of the molecule is CCCCC1=CCCOC1=O. The summed E-state index contributed by atoms with van der Waals surface area (Å²) in [6.45, 7) is 2.68. The van der Waals surface area contributed by atoms with Crippen LogP contribution in [0.1, 0.15) is 32.6 Å². The van der Waals surface area contributed by atoms with Gasteiger partial charge in [-0.1, -0.05) is 19.4 Å². The van der Waals surface area contributed by atoms with E-state index in [1.165, 1.54) is 0 Å². The van der Waals surface area contributed by atoms with E-state index >= 15 is 0 Å². The van der Waals surface area contributed by atoms with Crippen molar-refractivity contribution in [1.29, 1.82) is 0 Å². The molecule has 0 aromatic heterocycles. The number of cyclic esters (lactones) is 1. The van der Waals surface area contributed by atoms with E-state index in [1.807, 2.05) is 6.08 Å². The van der Waals surface area contributed by atoms with Crippen LogP contribution in [0.25, 0.3) is 0 Å². The highest BCUT2D eigenvalue weighted by Gasteiger charge is 2.13. The van der Waals surface area contributed by atoms with Crippen LogP contribution in [-0.2, 0) is 9.53 Å². The zero-order valence-electron chi connectivity index (χ0n) is 6.93. The van der Waals surface area contributed by atoms with Crippen LogP contribution in [0.4, 0.5) is 0 Å². The van der Waals surface area contributed by atoms with Gasteiger partial charge in [0.15, 0.2) is 0 Å². The largest absolute Gasteiger partial charge is 0.462 e. The third-order valence-electron chi connectivity index (χ3n) is 1.80. The first-order valence-electron chi connectivity index (χ1n) is 4.20. The topological polar surface area (TPSA) is 26.3 Å². The number of rotatable bonds is 3. The molecule has 0 aromatic rings. The van der Waals surface area contributed by atoms with Crippen molar-refractivity contribution in [1.82, 2.24) is 0 Å². The molecule has 0 fully saturated rings. The van der Waals surface area contributed by atoms with E-state index in [1.54, 1.807) is 0 Å². The van der Waals surface area contributed by atoms with Crippen molar-refractivity contribution in [3.63, 3.8) is 0 Å². The summed E-state index contributed by atoms with van der Waals surface area (Å²) in [6.07, 6.45) is 5.99. The van der Waals surface area contributed by atoms with Crippen LogP contribution in [0.5, 0.6) is 0 Å². The molecular formula is C9H14O2. The van der Waals surface area contributed by atoms with E-state index in [0.29, 0.717) is 6.61 Å². The van der Waals surface area contributed by atoms with Gasteiger partial charge in [0.05, 0.1) is 6.61 Å². The second kappa shape index (κ2) is 4.16. The van der Waals surface area contributed by atoms with E-state index in [4.69, 9.17) is 4.74 Å². The van der Waals surface area contributed by atoms with Gasteiger partial charge in [-0.2, -0.15) is 0 Å². The maximum absolute atomic E-state index is 11.0. The van der Waals surface area contributed by atoms with Crippen molar-refractivity contribution < 1.29 is 9.53 Å². The van der Waals surface area contributed by atoms with Gasteiger partial charge < -0.3 is 4.74 Å². The molecule has 1 aliphatic heterocycles. The van der Waals surface area contributed by atoms with Gasteiger partial charge in [-0.3, -0.25) is 0 Å². The van der Waals surface area contributed by atoms with Crippen molar-refractivity contribution >= 4 is 5.97 Å². The molecule has 0 N–H and O–H groups in total. The molecule has 62 valence electrons. The fourth-order valence-electron chi connectivity index (χ4n) is 1.13. The monoisotopic (exact) mass is 154 g/mol. The minimum Gasteiger partial charge on any atom is -0.462 e. The Bertz CT molecular complexity index is 170. The number of unbranched alkanes of at least 4 members (excludes halogenated alkanes) is 1. The zero-order chi connectivity index (χ0) is 8.10. The van der Waals surface area contributed by atoms with Crippen molar-refractivity contribution in [3.05, 3.63) is 11.6 Å². The minimum absolute atomic E-state index is 0.107. The molecular weight excluding hydrogens is 140 g/mol. The molecule has 0 aromatic carbocycles. The van der Waals surface area contributed by atoms with Gasteiger partial charge in [0.2, 0.25) is 0 Å². The molecule has 2 nitrogen and oxygen atoms in total. The van der Waals surface area contributed by atoms with Crippen molar-refractivity contribution in [2.75, 3.05) is 6.61 Å². The normalized spacial score (nSPS) is 17.5. The Morgan fingerprint density at radius 1 is 1.64 bits per heavy atom. The van der Waals surface area contributed by atoms with Crippen molar-refractivity contribution in [2.45, 2.75) is 32.6 Å². The Hall–Kier alpha value is -0.790. The Morgan fingerprint density at radius 2 is 2.45 bits per heavy atom. The predicted molar refractivity (Wildman–Crippen MR) is 43.2 cm³/mol. The highest BCUT2D eigenvalue weighted by molar-refractivity contribution is 5.88. The van der Waals surface area contributed by atoms with Gasteiger partial charge in [0.25, 0.3) is 0 Å². The van der Waals surface area contributed by atoms with E-state index in [2.05, 4.69) is 6.92 Å².